The van der Waals surface area contributed by atoms with E-state index in [1.807, 2.05) is 4.90 Å². The minimum Gasteiger partial charge on any atom is -0.545 e. The summed E-state index contributed by atoms with van der Waals surface area (Å²) in [6.07, 6.45) is 7.60. The fourth-order valence-electron chi connectivity index (χ4n) is 5.13. The fraction of sp³-hybridized carbons (Fsp3) is 0.556. The first-order valence-electron chi connectivity index (χ1n) is 18.3. The van der Waals surface area contributed by atoms with Crippen LogP contribution in [0, 0.1) is 0 Å². The maximum atomic E-state index is 12.1. The number of hydrogen-bond donors (Lipinski definition) is 8. The maximum absolute atomic E-state index is 12.1. The summed E-state index contributed by atoms with van der Waals surface area (Å²) < 4.78 is 14.2. The Kier molecular flexibility index (Phi) is 37.0. The monoisotopic (exact) mass is 1060 g/mol. The van der Waals surface area contributed by atoms with Gasteiger partial charge >= 0.3 is 35.9 Å². The largest absolute Gasteiger partial charge is 0.545 e. The van der Waals surface area contributed by atoms with Gasteiger partial charge in [-0.25, -0.2) is 24.4 Å². The summed E-state index contributed by atoms with van der Waals surface area (Å²) in [5.74, 6) is -5.20. The number of urea groups is 1. The van der Waals surface area contributed by atoms with Gasteiger partial charge in [-0.1, -0.05) is 0 Å². The van der Waals surface area contributed by atoms with Gasteiger partial charge in [0.25, 0.3) is 0 Å². The van der Waals surface area contributed by atoms with Gasteiger partial charge in [-0.2, -0.15) is 0 Å². The third-order valence-electron chi connectivity index (χ3n) is 7.90. The molecular formula is C36H53N8O17Re-3. The number of nitrogens with one attached hydrogen (secondary N) is 3. The van der Waals surface area contributed by atoms with Crippen LogP contribution in [-0.4, -0.2) is 163 Å². The molecule has 62 heavy (non-hydrogen) atoms. The zero-order valence-electron chi connectivity index (χ0n) is 33.7. The molecule has 2 aromatic heterocycles. The zero-order chi connectivity index (χ0) is 46.6. The molecule has 26 heteroatoms. The van der Waals surface area contributed by atoms with Gasteiger partial charge in [0, 0.05) is 71.2 Å². The molecule has 3 amide bonds. The molecule has 0 aromatic carbocycles. The topological polar surface area (TPSA) is 365 Å². The number of unbranched alkanes of at least 4 members (excludes halogenated alkanes) is 2. The number of rotatable bonds is 31. The first-order valence-corrected chi connectivity index (χ1v) is 18.3. The molecular weight excluding hydrogens is 1000 g/mol. The van der Waals surface area contributed by atoms with Gasteiger partial charge < -0.3 is 74.5 Å². The van der Waals surface area contributed by atoms with Gasteiger partial charge in [-0.15, -0.1) is 0 Å². The second-order valence-corrected chi connectivity index (χ2v) is 12.3. The quantitative estimate of drug-likeness (QED) is 0.0255. The van der Waals surface area contributed by atoms with E-state index in [1.165, 1.54) is 21.5 Å². The van der Waals surface area contributed by atoms with Crippen molar-refractivity contribution in [3.8, 4) is 0 Å². The Morgan fingerprint density at radius 1 is 0.629 bits per heavy atom. The molecule has 0 aliphatic heterocycles. The van der Waals surface area contributed by atoms with Gasteiger partial charge in [-0.05, 0) is 45.1 Å². The molecule has 2 heterocycles. The Morgan fingerprint density at radius 2 is 1.11 bits per heavy atom. The van der Waals surface area contributed by atoms with E-state index in [4.69, 9.17) is 34.1 Å². The molecule has 0 saturated carbocycles. The molecule has 0 unspecified atom stereocenters. The maximum Gasteiger partial charge on any atom is 0.326 e. The summed E-state index contributed by atoms with van der Waals surface area (Å²) in [5, 5.41) is 52.6. The molecule has 25 nitrogen and oxygen atoms in total. The Bertz CT molecular complexity index is 1550. The number of carboxylic acid groups (broad SMARTS) is 5. The van der Waals surface area contributed by atoms with Crippen molar-refractivity contribution in [3.05, 3.63) is 36.4 Å². The van der Waals surface area contributed by atoms with Crippen LogP contribution in [0.15, 0.2) is 24.8 Å². The van der Waals surface area contributed by atoms with Crippen LogP contribution >= 0.6 is 0 Å². The summed E-state index contributed by atoms with van der Waals surface area (Å²) in [7, 11) is 0. The van der Waals surface area contributed by atoms with Crippen molar-refractivity contribution in [1.29, 1.82) is 0 Å². The number of amides is 3. The minimum absolute atomic E-state index is 0. The molecule has 0 bridgehead atoms. The molecule has 0 aliphatic rings. The summed E-state index contributed by atoms with van der Waals surface area (Å²) in [5.41, 5.74) is 0. The van der Waals surface area contributed by atoms with Crippen LogP contribution in [0.3, 0.4) is 0 Å². The van der Waals surface area contributed by atoms with Gasteiger partial charge in [0.1, 0.15) is 36.8 Å². The third-order valence-corrected chi connectivity index (χ3v) is 7.90. The predicted octanol–water partition coefficient (Wildman–Crippen LogP) is -1.01. The average Bonchev–Trinajstić information content (AvgIpc) is 3.85. The Labute approximate surface area is 370 Å². The first-order chi connectivity index (χ1) is 29.2. The summed E-state index contributed by atoms with van der Waals surface area (Å²) in [4.78, 5) is 114. The molecule has 0 saturated heterocycles. The smallest absolute Gasteiger partial charge is 0.326 e. The van der Waals surface area contributed by atoms with Crippen LogP contribution in [0.2, 0.25) is 0 Å². The molecule has 8 N–H and O–H groups in total. The van der Waals surface area contributed by atoms with E-state index in [0.717, 1.165) is 0 Å². The number of nitrogens with zero attached hydrogens (tertiary/aromatic N) is 5. The molecule has 1 radical (unpaired) electrons. The number of aliphatic carboxylic acids is 5. The number of imidazole rings is 2. The molecule has 0 aliphatic carbocycles. The van der Waals surface area contributed by atoms with Crippen molar-refractivity contribution < 1.29 is 103 Å². The number of carbonyl (C=O) groups is 7. The van der Waals surface area contributed by atoms with Crippen LogP contribution in [0.5, 0.6) is 0 Å². The van der Waals surface area contributed by atoms with Crippen molar-refractivity contribution in [1.82, 2.24) is 40.0 Å². The van der Waals surface area contributed by atoms with Crippen molar-refractivity contribution in [2.45, 2.75) is 89.6 Å². The molecule has 2 atom stereocenters. The van der Waals surface area contributed by atoms with E-state index in [1.54, 1.807) is 12.4 Å². The predicted molar refractivity (Wildman–Crippen MR) is 208 cm³/mol. The molecule has 0 fully saturated rings. The van der Waals surface area contributed by atoms with E-state index < -0.39 is 54.4 Å². The van der Waals surface area contributed by atoms with Crippen molar-refractivity contribution in [2.24, 2.45) is 0 Å². The van der Waals surface area contributed by atoms with Crippen molar-refractivity contribution in [3.63, 3.8) is 0 Å². The van der Waals surface area contributed by atoms with Crippen LogP contribution in [-0.2, 0) is 99.2 Å². The normalized spacial score (nSPS) is 11.0. The van der Waals surface area contributed by atoms with E-state index in [-0.39, 0.29) is 78.4 Å². The van der Waals surface area contributed by atoms with Crippen LogP contribution in [0.25, 0.3) is 0 Å². The number of carboxylic acids is 5. The van der Waals surface area contributed by atoms with Gasteiger partial charge in [0.05, 0.1) is 32.9 Å². The van der Waals surface area contributed by atoms with Gasteiger partial charge in [-0.3, -0.25) is 44.4 Å². The van der Waals surface area contributed by atoms with E-state index in [0.29, 0.717) is 70.2 Å². The Morgan fingerprint density at radius 3 is 1.58 bits per heavy atom. The molecule has 0 spiro atoms. The standard InChI is InChI=1S/C33H50N8O14.3CHO.Re/c42-27(36-9-2-1-5-23(31(49)50)37-33(53)38-24(32(51)52)6-7-28(43)44)8-16-55-18-17-54-15-4-3-12-39(19-25-34-10-13-40(25)21-29(45)46)20-26-35-11-14-41(26)22-30(47)48;3*1-2;/h10-11,13-14,23-24H,1-9,12,15-22H2,(H,36,42)(H,43,44)(H,45,46)(H,47,48)(H,49,50)(H,51,52)(H2,37,38,53);3*1H;/q;3*-1;/t23-,24-;;;;/m0..../s1. The number of aromatic nitrogens is 4. The van der Waals surface area contributed by atoms with Crippen molar-refractivity contribution >= 4 is 62.2 Å². The van der Waals surface area contributed by atoms with Crippen LogP contribution < -0.4 is 16.0 Å². The Hall–Kier alpha value is -5.94. The van der Waals surface area contributed by atoms with Gasteiger partial charge in [0.2, 0.25) is 5.91 Å². The van der Waals surface area contributed by atoms with Crippen molar-refractivity contribution in [2.75, 3.05) is 39.5 Å². The zero-order valence-corrected chi connectivity index (χ0v) is 36.4. The number of carbonyl (C=O) groups excluding carboxylic acids is 5. The average molecular weight is 1060 g/mol. The molecule has 2 aromatic rings. The minimum atomic E-state index is -1.50. The number of ether oxygens (including phenoxy) is 2. The molecule has 349 valence electrons. The summed E-state index contributed by atoms with van der Waals surface area (Å²) in [6, 6.07) is -3.88. The Balaban J connectivity index is -0.00000475. The third kappa shape index (κ3) is 29.3. The fourth-order valence-corrected chi connectivity index (χ4v) is 5.13. The van der Waals surface area contributed by atoms with E-state index >= 15 is 0 Å². The second-order valence-electron chi connectivity index (χ2n) is 12.3. The van der Waals surface area contributed by atoms with E-state index in [9.17, 15) is 48.9 Å². The van der Waals surface area contributed by atoms with Crippen LogP contribution in [0.4, 0.5) is 4.79 Å². The first kappa shape index (κ1) is 60.4. The second kappa shape index (κ2) is 38.0. The van der Waals surface area contributed by atoms with Gasteiger partial charge in [0.15, 0.2) is 0 Å². The summed E-state index contributed by atoms with van der Waals surface area (Å²) in [6.45, 7) is 11.9. The SMILES string of the molecule is O=C(O)CC[C@H](NC(=O)N[C@@H](CCCCNC(=O)CCOCCOCCCCN(Cc1nccn1CC(=O)O)Cc1nccn1CC(=O)O)C(=O)O)C(=O)O.[CH-]=O.[CH-]=O.[CH-]=O.[Re]. The summed E-state index contributed by atoms with van der Waals surface area (Å²) >= 11 is 0. The number of hydrogen-bond acceptors (Lipinski definition) is 15. The van der Waals surface area contributed by atoms with Crippen LogP contribution in [0.1, 0.15) is 63.0 Å². The van der Waals surface area contributed by atoms with E-state index in [2.05, 4.69) is 46.3 Å². The molecule has 2 rings (SSSR count).